The Labute approximate surface area is 118 Å². The summed E-state index contributed by atoms with van der Waals surface area (Å²) in [5.74, 6) is 0.729. The highest BCUT2D eigenvalue weighted by molar-refractivity contribution is 7.88. The summed E-state index contributed by atoms with van der Waals surface area (Å²) in [7, 11) is -3.39. The second kappa shape index (κ2) is 5.26. The first-order valence-electron chi connectivity index (χ1n) is 6.40. The van der Waals surface area contributed by atoms with Crippen molar-refractivity contribution in [1.29, 1.82) is 0 Å². The van der Waals surface area contributed by atoms with Crippen LogP contribution in [0.4, 0.5) is 0 Å². The van der Waals surface area contributed by atoms with Crippen LogP contribution >= 0.6 is 0 Å². The van der Waals surface area contributed by atoms with Crippen LogP contribution in [0.3, 0.4) is 0 Å². The molecule has 1 aliphatic heterocycles. The van der Waals surface area contributed by atoms with E-state index in [1.165, 1.54) is 0 Å². The minimum Gasteiger partial charge on any atom is -0.491 e. The molecule has 1 N–H and O–H groups in total. The molecule has 104 valence electrons. The molecule has 5 heteroatoms. The molecule has 0 aliphatic carbocycles. The maximum Gasteiger partial charge on any atom is 0.216 e. The van der Waals surface area contributed by atoms with Crippen LogP contribution in [0.15, 0.2) is 54.6 Å². The maximum atomic E-state index is 12.2. The fraction of sp³-hybridized carbons (Fsp3) is 0.200. The molecule has 20 heavy (non-hydrogen) atoms. The predicted molar refractivity (Wildman–Crippen MR) is 76.9 cm³/mol. The van der Waals surface area contributed by atoms with Crippen molar-refractivity contribution in [2.45, 2.75) is 11.8 Å². The summed E-state index contributed by atoms with van der Waals surface area (Å²) in [6.45, 7) is 0.341. The second-order valence-electron chi connectivity index (χ2n) is 4.76. The van der Waals surface area contributed by atoms with Gasteiger partial charge in [0.25, 0.3) is 0 Å². The number of fused-ring (bicyclic) bond motifs is 1. The fourth-order valence-corrected chi connectivity index (χ4v) is 3.66. The molecule has 1 aliphatic rings. The molecule has 0 aromatic heterocycles. The lowest BCUT2D eigenvalue weighted by Gasteiger charge is -2.12. The number of rotatable bonds is 4. The highest BCUT2D eigenvalue weighted by atomic mass is 32.2. The van der Waals surface area contributed by atoms with E-state index in [0.717, 1.165) is 16.9 Å². The largest absolute Gasteiger partial charge is 0.491 e. The van der Waals surface area contributed by atoms with Crippen molar-refractivity contribution in [2.24, 2.45) is 0 Å². The van der Waals surface area contributed by atoms with Crippen molar-refractivity contribution in [3.05, 3.63) is 65.7 Å². The summed E-state index contributed by atoms with van der Waals surface area (Å²) >= 11 is 0. The number of para-hydroxylation sites is 1. The zero-order valence-electron chi connectivity index (χ0n) is 10.8. The summed E-state index contributed by atoms with van der Waals surface area (Å²) in [6, 6.07) is 16.3. The third-order valence-electron chi connectivity index (χ3n) is 3.22. The number of nitrogens with one attached hydrogen (secondary N) is 1. The van der Waals surface area contributed by atoms with Gasteiger partial charge in [0.1, 0.15) is 12.4 Å². The van der Waals surface area contributed by atoms with Crippen LogP contribution in [0.1, 0.15) is 17.2 Å². The minimum atomic E-state index is -3.39. The van der Waals surface area contributed by atoms with Crippen LogP contribution < -0.4 is 9.46 Å². The van der Waals surface area contributed by atoms with Gasteiger partial charge in [-0.15, -0.1) is 0 Å². The molecule has 1 atom stereocenters. The first kappa shape index (κ1) is 13.1. The minimum absolute atomic E-state index is 0.0213. The maximum absolute atomic E-state index is 12.2. The summed E-state index contributed by atoms with van der Waals surface area (Å²) in [5.41, 5.74) is 1.66. The number of benzene rings is 2. The Morgan fingerprint density at radius 2 is 1.75 bits per heavy atom. The summed E-state index contributed by atoms with van der Waals surface area (Å²) in [6.07, 6.45) is 0. The van der Waals surface area contributed by atoms with Gasteiger partial charge < -0.3 is 4.74 Å². The molecular weight excluding hydrogens is 274 g/mol. The Kier molecular flexibility index (Phi) is 3.46. The molecule has 3 rings (SSSR count). The number of hydrogen-bond acceptors (Lipinski definition) is 3. The van der Waals surface area contributed by atoms with Crippen LogP contribution in [0.5, 0.6) is 5.75 Å². The van der Waals surface area contributed by atoms with E-state index in [2.05, 4.69) is 4.72 Å². The van der Waals surface area contributed by atoms with Gasteiger partial charge in [0.2, 0.25) is 10.0 Å². The van der Waals surface area contributed by atoms with Crippen molar-refractivity contribution in [1.82, 2.24) is 4.72 Å². The van der Waals surface area contributed by atoms with Gasteiger partial charge in [0.15, 0.2) is 0 Å². The molecule has 0 spiro atoms. The van der Waals surface area contributed by atoms with E-state index in [0.29, 0.717) is 6.61 Å². The topological polar surface area (TPSA) is 55.4 Å². The first-order chi connectivity index (χ1) is 9.64. The summed E-state index contributed by atoms with van der Waals surface area (Å²) < 4.78 is 32.6. The van der Waals surface area contributed by atoms with Crippen LogP contribution in [0.25, 0.3) is 0 Å². The van der Waals surface area contributed by atoms with Gasteiger partial charge in [0.05, 0.1) is 11.8 Å². The average molecular weight is 289 g/mol. The van der Waals surface area contributed by atoms with Crippen molar-refractivity contribution in [3.63, 3.8) is 0 Å². The molecule has 0 saturated heterocycles. The lowest BCUT2D eigenvalue weighted by atomic mass is 10.1. The van der Waals surface area contributed by atoms with E-state index in [-0.39, 0.29) is 11.8 Å². The van der Waals surface area contributed by atoms with E-state index in [1.54, 1.807) is 12.1 Å². The van der Waals surface area contributed by atoms with Crippen LogP contribution in [0, 0.1) is 0 Å². The Morgan fingerprint density at radius 3 is 2.55 bits per heavy atom. The van der Waals surface area contributed by atoms with Crippen LogP contribution in [-0.4, -0.2) is 15.0 Å². The van der Waals surface area contributed by atoms with E-state index in [4.69, 9.17) is 4.74 Å². The zero-order valence-corrected chi connectivity index (χ0v) is 11.6. The van der Waals surface area contributed by atoms with E-state index >= 15 is 0 Å². The van der Waals surface area contributed by atoms with Crippen molar-refractivity contribution in [3.8, 4) is 5.75 Å². The van der Waals surface area contributed by atoms with Gasteiger partial charge in [0, 0.05) is 5.56 Å². The second-order valence-corrected chi connectivity index (χ2v) is 6.52. The lowest BCUT2D eigenvalue weighted by molar-refractivity contribution is 0.325. The van der Waals surface area contributed by atoms with Crippen LogP contribution in [-0.2, 0) is 15.8 Å². The Hall–Kier alpha value is -1.85. The van der Waals surface area contributed by atoms with Gasteiger partial charge in [-0.05, 0) is 11.6 Å². The quantitative estimate of drug-likeness (QED) is 0.939. The molecule has 2 aromatic rings. The van der Waals surface area contributed by atoms with E-state index in [1.807, 2.05) is 42.5 Å². The molecule has 0 amide bonds. The molecule has 0 radical (unpaired) electrons. The third kappa shape index (κ3) is 2.84. The molecule has 0 bridgehead atoms. The molecule has 1 unspecified atom stereocenters. The SMILES string of the molecule is O=S(=O)(Cc1ccccc1)NC1COc2ccccc21. The van der Waals surface area contributed by atoms with Gasteiger partial charge in [-0.3, -0.25) is 0 Å². The lowest BCUT2D eigenvalue weighted by Crippen LogP contribution is -2.30. The van der Waals surface area contributed by atoms with Gasteiger partial charge >= 0.3 is 0 Å². The molecule has 0 fully saturated rings. The smallest absolute Gasteiger partial charge is 0.216 e. The van der Waals surface area contributed by atoms with Gasteiger partial charge in [-0.25, -0.2) is 13.1 Å². The van der Waals surface area contributed by atoms with E-state index < -0.39 is 10.0 Å². The van der Waals surface area contributed by atoms with Gasteiger partial charge in [-0.1, -0.05) is 48.5 Å². The van der Waals surface area contributed by atoms with E-state index in [9.17, 15) is 8.42 Å². The molecule has 1 heterocycles. The molecular formula is C15H15NO3S. The normalized spacial score (nSPS) is 17.5. The van der Waals surface area contributed by atoms with Crippen molar-refractivity contribution < 1.29 is 13.2 Å². The zero-order chi connectivity index (χ0) is 14.0. The highest BCUT2D eigenvalue weighted by Gasteiger charge is 2.27. The number of ether oxygens (including phenoxy) is 1. The Morgan fingerprint density at radius 1 is 1.05 bits per heavy atom. The summed E-state index contributed by atoms with van der Waals surface area (Å²) in [5, 5.41) is 0. The van der Waals surface area contributed by atoms with Crippen LogP contribution in [0.2, 0.25) is 0 Å². The predicted octanol–water partition coefficient (Wildman–Crippen LogP) is 2.24. The standard InChI is InChI=1S/C15H15NO3S/c17-20(18,11-12-6-2-1-3-7-12)16-14-10-19-15-9-5-4-8-13(14)15/h1-9,14,16H,10-11H2. The van der Waals surface area contributed by atoms with Crippen molar-refractivity contribution in [2.75, 3.05) is 6.61 Å². The third-order valence-corrected chi connectivity index (χ3v) is 4.58. The number of hydrogen-bond donors (Lipinski definition) is 1. The number of sulfonamides is 1. The first-order valence-corrected chi connectivity index (χ1v) is 8.05. The van der Waals surface area contributed by atoms with Crippen molar-refractivity contribution >= 4 is 10.0 Å². The molecule has 4 nitrogen and oxygen atoms in total. The monoisotopic (exact) mass is 289 g/mol. The average Bonchev–Trinajstić information content (AvgIpc) is 2.82. The Bertz CT molecular complexity index is 698. The highest BCUT2D eigenvalue weighted by Crippen LogP contribution is 2.32. The summed E-state index contributed by atoms with van der Waals surface area (Å²) in [4.78, 5) is 0. The van der Waals surface area contributed by atoms with Gasteiger partial charge in [-0.2, -0.15) is 0 Å². The Balaban J connectivity index is 1.75. The molecule has 0 saturated carbocycles. The molecule has 2 aromatic carbocycles. The fourth-order valence-electron chi connectivity index (χ4n) is 2.31.